The first-order valence-electron chi connectivity index (χ1n) is 16.5. The second-order valence-corrected chi connectivity index (χ2v) is 18.1. The largest absolute Gasteiger partial charge is 0.387 e. The average molecular weight is 820 g/mol. The zero-order valence-corrected chi connectivity index (χ0v) is 31.3. The molecule has 0 aliphatic carbocycles. The predicted octanol–water partition coefficient (Wildman–Crippen LogP) is 1.90. The van der Waals surface area contributed by atoms with E-state index in [1.807, 2.05) is 10.8 Å². The Bertz CT molecular complexity index is 2150. The van der Waals surface area contributed by atoms with Crippen LogP contribution in [0.4, 0.5) is 10.2 Å². The molecule has 4 aromatic rings. The highest BCUT2D eigenvalue weighted by Gasteiger charge is 2.51. The highest BCUT2D eigenvalue weighted by atomic mass is 32.7. The van der Waals surface area contributed by atoms with E-state index in [9.17, 15) is 23.6 Å². The standard InChI is InChI=1S/C28H36FN9O11P2S2/c29-21-17(11-45-50(42,43)52)48-28(38-14-34-22-26(38)35-13-36(27(22)41)7-6-30-18(40)9-39)23(21)49-51(44,53)46-10-16-3-4-19(47-16)37-8-15-2-1-5-31-24-20(15)25(37)33-12-32-24/h8,12-14,16-17,19,21,23,28,39H,1-7,9-11H2,(H,30,40)(H,44,53)(H,31,32,33)(H2,42,43,52)/t16-,17+,19+,21+,23+,28+,51?/m0/s1. The van der Waals surface area contributed by atoms with E-state index in [1.54, 1.807) is 0 Å². The molecular weight excluding hydrogens is 783 g/mol. The third kappa shape index (κ3) is 8.35. The lowest BCUT2D eigenvalue weighted by molar-refractivity contribution is -0.123. The number of imidazole rings is 1. The van der Waals surface area contributed by atoms with Crippen molar-refractivity contribution in [2.45, 2.75) is 69.2 Å². The number of rotatable bonds is 14. The van der Waals surface area contributed by atoms with Gasteiger partial charge in [-0.3, -0.25) is 32.3 Å². The molecule has 1 amide bonds. The molecule has 2 saturated heterocycles. The monoisotopic (exact) mass is 819 g/mol. The number of amides is 1. The lowest BCUT2D eigenvalue weighted by Gasteiger charge is -2.24. The summed E-state index contributed by atoms with van der Waals surface area (Å²) < 4.78 is 73.8. The number of carbonyl (C=O) groups is 1. The Morgan fingerprint density at radius 3 is 2.72 bits per heavy atom. The van der Waals surface area contributed by atoms with Crippen LogP contribution in [0.3, 0.4) is 0 Å². The summed E-state index contributed by atoms with van der Waals surface area (Å²) in [4.78, 5) is 51.3. The minimum Gasteiger partial charge on any atom is -0.387 e. The van der Waals surface area contributed by atoms with Gasteiger partial charge in [-0.2, -0.15) is 0 Å². The van der Waals surface area contributed by atoms with E-state index in [0.717, 1.165) is 48.1 Å². The third-order valence-electron chi connectivity index (χ3n) is 8.99. The zero-order valence-electron chi connectivity index (χ0n) is 27.7. The summed E-state index contributed by atoms with van der Waals surface area (Å²) in [7, 11) is 0. The summed E-state index contributed by atoms with van der Waals surface area (Å²) in [5.41, 5.74) is 1.04. The molecular formula is C28H36FN9O11P2S2. The van der Waals surface area contributed by atoms with Gasteiger partial charge in [-0.25, -0.2) is 33.5 Å². The number of thiol groups is 2. The van der Waals surface area contributed by atoms with Gasteiger partial charge in [0, 0.05) is 25.8 Å². The summed E-state index contributed by atoms with van der Waals surface area (Å²) in [6, 6.07) is 0. The van der Waals surface area contributed by atoms with Crippen molar-refractivity contribution in [2.24, 2.45) is 0 Å². The third-order valence-corrected chi connectivity index (χ3v) is 11.4. The fraction of sp³-hybridized carbons (Fsp3) is 0.571. The van der Waals surface area contributed by atoms with Gasteiger partial charge < -0.3 is 34.7 Å². The quantitative estimate of drug-likeness (QED) is 0.0786. The Hall–Kier alpha value is -2.95. The van der Waals surface area contributed by atoms with Crippen molar-refractivity contribution < 1.29 is 51.4 Å². The summed E-state index contributed by atoms with van der Waals surface area (Å²) in [6.07, 6.45) is 1.02. The highest BCUT2D eigenvalue weighted by Crippen LogP contribution is 2.58. The molecule has 288 valence electrons. The smallest absolute Gasteiger partial charge is 0.386 e. The lowest BCUT2D eigenvalue weighted by atomic mass is 10.1. The van der Waals surface area contributed by atoms with E-state index in [4.69, 9.17) is 28.2 Å². The first-order chi connectivity index (χ1) is 25.3. The van der Waals surface area contributed by atoms with E-state index >= 15 is 4.39 Å². The molecule has 0 spiro atoms. The van der Waals surface area contributed by atoms with Crippen molar-refractivity contribution in [3.05, 3.63) is 41.1 Å². The van der Waals surface area contributed by atoms with Crippen molar-refractivity contribution in [3.8, 4) is 0 Å². The summed E-state index contributed by atoms with van der Waals surface area (Å²) in [6.45, 7) is -9.55. The van der Waals surface area contributed by atoms with Gasteiger partial charge >= 0.3 is 13.6 Å². The van der Waals surface area contributed by atoms with Crippen LogP contribution in [-0.2, 0) is 49.9 Å². The number of ether oxygens (including phenoxy) is 2. The van der Waals surface area contributed by atoms with Crippen LogP contribution in [0.1, 0.15) is 37.3 Å². The number of aliphatic hydroxyl groups is 1. The number of anilines is 1. The molecule has 0 aromatic carbocycles. The van der Waals surface area contributed by atoms with Crippen LogP contribution < -0.4 is 16.2 Å². The molecule has 20 nitrogen and oxygen atoms in total. The molecule has 53 heavy (non-hydrogen) atoms. The van der Waals surface area contributed by atoms with Gasteiger partial charge in [0.2, 0.25) is 5.91 Å². The fourth-order valence-electron chi connectivity index (χ4n) is 6.57. The molecule has 2 unspecified atom stereocenters. The van der Waals surface area contributed by atoms with Crippen molar-refractivity contribution in [1.82, 2.24) is 39.0 Å². The highest BCUT2D eigenvalue weighted by molar-refractivity contribution is 8.44. The number of hydrogen-bond acceptors (Lipinski definition) is 15. The Morgan fingerprint density at radius 2 is 1.92 bits per heavy atom. The van der Waals surface area contributed by atoms with Crippen LogP contribution in [0.5, 0.6) is 0 Å². The number of nitrogens with one attached hydrogen (secondary N) is 2. The number of aliphatic hydroxyl groups excluding tert-OH is 1. The molecule has 25 heteroatoms. The fourth-order valence-corrected chi connectivity index (χ4v) is 8.58. The maximum atomic E-state index is 16.0. The molecule has 0 radical (unpaired) electrons. The Kier molecular flexibility index (Phi) is 11.3. The minimum absolute atomic E-state index is 0.00438. The number of hydrogen-bond donors (Lipinski definition) is 6. The number of fused-ring (bicyclic) bond motifs is 1. The molecule has 2 fully saturated rings. The van der Waals surface area contributed by atoms with Crippen LogP contribution in [0.15, 0.2) is 30.0 Å². The van der Waals surface area contributed by atoms with Crippen LogP contribution >= 0.6 is 38.1 Å². The summed E-state index contributed by atoms with van der Waals surface area (Å²) >= 11 is 7.58. The number of carbonyl (C=O) groups excluding carboxylic acids is 1. The van der Waals surface area contributed by atoms with E-state index in [-0.39, 0.29) is 37.1 Å². The van der Waals surface area contributed by atoms with Gasteiger partial charge in [0.05, 0.1) is 31.0 Å². The normalized spacial score (nSPS) is 26.7. The van der Waals surface area contributed by atoms with Crippen LogP contribution in [0.25, 0.3) is 22.2 Å². The van der Waals surface area contributed by atoms with E-state index in [2.05, 4.69) is 55.1 Å². The maximum absolute atomic E-state index is 16.0. The molecule has 3 aliphatic rings. The molecule has 0 saturated carbocycles. The van der Waals surface area contributed by atoms with Gasteiger partial charge in [-0.15, -0.1) is 0 Å². The molecule has 7 heterocycles. The van der Waals surface area contributed by atoms with Gasteiger partial charge in [0.1, 0.15) is 49.2 Å². The molecule has 8 atom stereocenters. The van der Waals surface area contributed by atoms with Crippen LogP contribution in [0, 0.1) is 0 Å². The SMILES string of the molecule is O=C(CO)NCCn1cnc2c(ncn2[C@@H]2O[C@H](COP(=O)(O)S)[C@@H](F)[C@H]2OP(=O)(S)OC[C@@H]2CC[C@H](n3cc4c5c(ncnc53)NCCC4)O2)c1=O. The van der Waals surface area contributed by atoms with E-state index < -0.39 is 69.0 Å². The first-order valence-corrected chi connectivity index (χ1v) is 21.9. The minimum atomic E-state index is -4.36. The van der Waals surface area contributed by atoms with Gasteiger partial charge in [-0.1, -0.05) is 24.5 Å². The number of aryl methyl sites for hydroxylation is 1. The van der Waals surface area contributed by atoms with E-state index in [1.165, 1.54) is 21.8 Å². The van der Waals surface area contributed by atoms with Gasteiger partial charge in [-0.05, 0) is 31.2 Å². The molecule has 4 aromatic heterocycles. The van der Waals surface area contributed by atoms with Crippen LogP contribution in [-0.4, -0.2) is 107 Å². The Balaban J connectivity index is 1.05. The lowest BCUT2D eigenvalue weighted by Crippen LogP contribution is -2.33. The zero-order chi connectivity index (χ0) is 37.5. The van der Waals surface area contributed by atoms with Crippen molar-refractivity contribution in [2.75, 3.05) is 38.2 Å². The Labute approximate surface area is 310 Å². The number of alkyl halides is 1. The molecule has 7 rings (SSSR count). The second kappa shape index (κ2) is 15.7. The van der Waals surface area contributed by atoms with Crippen molar-refractivity contribution in [3.63, 3.8) is 0 Å². The summed E-state index contributed by atoms with van der Waals surface area (Å²) in [5.74, 6) is 0.147. The van der Waals surface area contributed by atoms with Crippen molar-refractivity contribution >= 4 is 72.0 Å². The Morgan fingerprint density at radius 1 is 1.09 bits per heavy atom. The van der Waals surface area contributed by atoms with Crippen LogP contribution in [0.2, 0.25) is 0 Å². The number of nitrogens with zero attached hydrogens (tertiary/aromatic N) is 7. The second-order valence-electron chi connectivity index (χ2n) is 12.5. The number of aromatic nitrogens is 7. The average Bonchev–Trinajstić information content (AvgIpc) is 3.88. The first kappa shape index (κ1) is 38.3. The predicted molar refractivity (Wildman–Crippen MR) is 190 cm³/mol. The number of halogens is 1. The molecule has 3 aliphatic heterocycles. The van der Waals surface area contributed by atoms with E-state index in [0.29, 0.717) is 12.8 Å². The topological polar surface area (TPSA) is 245 Å². The summed E-state index contributed by atoms with van der Waals surface area (Å²) in [5, 5.41) is 15.6. The van der Waals surface area contributed by atoms with Crippen molar-refractivity contribution in [1.29, 1.82) is 0 Å². The maximum Gasteiger partial charge on any atom is 0.386 e. The van der Waals surface area contributed by atoms with Gasteiger partial charge in [0.25, 0.3) is 5.56 Å². The molecule has 0 bridgehead atoms. The van der Waals surface area contributed by atoms with Gasteiger partial charge in [0.15, 0.2) is 23.6 Å². The molecule has 4 N–H and O–H groups in total.